The van der Waals surface area contributed by atoms with Gasteiger partial charge in [0.15, 0.2) is 0 Å². The van der Waals surface area contributed by atoms with E-state index in [0.29, 0.717) is 12.4 Å². The quantitative estimate of drug-likeness (QED) is 0.611. The molecule has 1 aliphatic heterocycles. The van der Waals surface area contributed by atoms with Crippen LogP contribution in [0.1, 0.15) is 18.5 Å². The largest absolute Gasteiger partial charge is 0.355 e. The van der Waals surface area contributed by atoms with Crippen molar-refractivity contribution in [2.24, 2.45) is 5.73 Å². The zero-order chi connectivity index (χ0) is 13.1. The first-order chi connectivity index (χ1) is 8.61. The molecule has 1 saturated heterocycles. The number of aromatic nitrogens is 1. The van der Waals surface area contributed by atoms with Crippen molar-refractivity contribution in [1.82, 2.24) is 4.98 Å². The van der Waals surface area contributed by atoms with Crippen LogP contribution in [0, 0.1) is 21.4 Å². The number of pyridine rings is 1. The third-order valence-electron chi connectivity index (χ3n) is 2.94. The third-order valence-corrected chi connectivity index (χ3v) is 2.94. The predicted octanol–water partition coefficient (Wildman–Crippen LogP) is 0.789. The summed E-state index contributed by atoms with van der Waals surface area (Å²) in [6.45, 7) is 1.47. The molecule has 94 valence electrons. The highest BCUT2D eigenvalue weighted by atomic mass is 16.6. The van der Waals surface area contributed by atoms with Crippen molar-refractivity contribution in [3.05, 3.63) is 27.9 Å². The molecule has 0 radical (unpaired) electrons. The maximum absolute atomic E-state index is 10.7. The Bertz CT molecular complexity index is 511. The van der Waals surface area contributed by atoms with Gasteiger partial charge in [-0.15, -0.1) is 0 Å². The van der Waals surface area contributed by atoms with Crippen molar-refractivity contribution in [1.29, 1.82) is 5.26 Å². The summed E-state index contributed by atoms with van der Waals surface area (Å²) in [5, 5.41) is 19.6. The Morgan fingerprint density at radius 1 is 1.61 bits per heavy atom. The SMILES string of the molecule is N#Cc1nc(N2CCCC(N)C2)ccc1[N+](=O)[O-]. The maximum atomic E-state index is 10.7. The van der Waals surface area contributed by atoms with Gasteiger partial charge in [0.05, 0.1) is 4.92 Å². The van der Waals surface area contributed by atoms with Gasteiger partial charge in [-0.1, -0.05) is 0 Å². The standard InChI is InChI=1S/C11H13N5O2/c12-6-9-10(16(17)18)3-4-11(14-9)15-5-1-2-8(13)7-15/h3-4,8H,1-2,5,7,13H2. The van der Waals surface area contributed by atoms with E-state index in [4.69, 9.17) is 11.0 Å². The zero-order valence-electron chi connectivity index (χ0n) is 9.74. The highest BCUT2D eigenvalue weighted by molar-refractivity contribution is 5.51. The molecule has 2 heterocycles. The first-order valence-electron chi connectivity index (χ1n) is 5.68. The highest BCUT2D eigenvalue weighted by Crippen LogP contribution is 2.22. The van der Waals surface area contributed by atoms with Gasteiger partial charge in [0.2, 0.25) is 5.69 Å². The summed E-state index contributed by atoms with van der Waals surface area (Å²) < 4.78 is 0. The number of nitro groups is 1. The fourth-order valence-electron chi connectivity index (χ4n) is 2.07. The van der Waals surface area contributed by atoms with Gasteiger partial charge in [-0.2, -0.15) is 5.26 Å². The number of nitrogens with zero attached hydrogens (tertiary/aromatic N) is 4. The normalized spacial score (nSPS) is 19.3. The summed E-state index contributed by atoms with van der Waals surface area (Å²) in [5.74, 6) is 0.576. The second kappa shape index (κ2) is 4.98. The number of nitrogens with two attached hydrogens (primary N) is 1. The zero-order valence-corrected chi connectivity index (χ0v) is 9.74. The smallest absolute Gasteiger partial charge is 0.305 e. The molecular formula is C11H13N5O2. The monoisotopic (exact) mass is 247 g/mol. The Hall–Kier alpha value is -2.20. The molecule has 0 aliphatic carbocycles. The van der Waals surface area contributed by atoms with E-state index in [9.17, 15) is 10.1 Å². The molecule has 1 aliphatic rings. The Morgan fingerprint density at radius 3 is 3.00 bits per heavy atom. The average molecular weight is 247 g/mol. The predicted molar refractivity (Wildman–Crippen MR) is 65.0 cm³/mol. The van der Waals surface area contributed by atoms with Crippen LogP contribution in [-0.4, -0.2) is 29.0 Å². The molecule has 7 heteroatoms. The average Bonchev–Trinajstić information content (AvgIpc) is 2.37. The van der Waals surface area contributed by atoms with Gasteiger partial charge in [0, 0.05) is 25.2 Å². The molecule has 2 N–H and O–H groups in total. The molecule has 1 fully saturated rings. The molecule has 0 bridgehead atoms. The number of piperidine rings is 1. The minimum Gasteiger partial charge on any atom is -0.355 e. The van der Waals surface area contributed by atoms with Crippen LogP contribution < -0.4 is 10.6 Å². The van der Waals surface area contributed by atoms with Crippen molar-refractivity contribution in [3.63, 3.8) is 0 Å². The van der Waals surface area contributed by atoms with E-state index in [-0.39, 0.29) is 17.4 Å². The fraction of sp³-hybridized carbons (Fsp3) is 0.455. The molecule has 0 spiro atoms. The number of nitriles is 1. The van der Waals surface area contributed by atoms with E-state index in [2.05, 4.69) is 4.98 Å². The van der Waals surface area contributed by atoms with Crippen LogP contribution in [-0.2, 0) is 0 Å². The Labute approximate surface area is 104 Å². The van der Waals surface area contributed by atoms with E-state index < -0.39 is 4.92 Å². The molecule has 0 saturated carbocycles. The van der Waals surface area contributed by atoms with E-state index in [1.165, 1.54) is 6.07 Å². The lowest BCUT2D eigenvalue weighted by Gasteiger charge is -2.31. The van der Waals surface area contributed by atoms with Crippen LogP contribution in [0.25, 0.3) is 0 Å². The molecule has 1 aromatic heterocycles. The van der Waals surface area contributed by atoms with Crippen LogP contribution in [0.4, 0.5) is 11.5 Å². The van der Waals surface area contributed by atoms with E-state index >= 15 is 0 Å². The topological polar surface area (TPSA) is 109 Å². The lowest BCUT2D eigenvalue weighted by molar-refractivity contribution is -0.385. The molecule has 1 aromatic rings. The van der Waals surface area contributed by atoms with Crippen molar-refractivity contribution < 1.29 is 4.92 Å². The second-order valence-electron chi connectivity index (χ2n) is 4.25. The summed E-state index contributed by atoms with van der Waals surface area (Å²) in [6, 6.07) is 4.73. The summed E-state index contributed by atoms with van der Waals surface area (Å²) in [4.78, 5) is 16.1. The summed E-state index contributed by atoms with van der Waals surface area (Å²) in [5.41, 5.74) is 5.45. The van der Waals surface area contributed by atoms with E-state index in [1.807, 2.05) is 4.90 Å². The Morgan fingerprint density at radius 2 is 2.39 bits per heavy atom. The van der Waals surface area contributed by atoms with Gasteiger partial charge in [-0.3, -0.25) is 10.1 Å². The van der Waals surface area contributed by atoms with Crippen molar-refractivity contribution in [2.75, 3.05) is 18.0 Å². The number of hydrogen-bond donors (Lipinski definition) is 1. The number of hydrogen-bond acceptors (Lipinski definition) is 6. The van der Waals surface area contributed by atoms with Crippen molar-refractivity contribution in [2.45, 2.75) is 18.9 Å². The van der Waals surface area contributed by atoms with Gasteiger partial charge in [0.1, 0.15) is 11.9 Å². The minimum atomic E-state index is -0.600. The Balaban J connectivity index is 2.30. The molecular weight excluding hydrogens is 234 g/mol. The van der Waals surface area contributed by atoms with E-state index in [0.717, 1.165) is 19.4 Å². The fourth-order valence-corrected chi connectivity index (χ4v) is 2.07. The molecule has 7 nitrogen and oxygen atoms in total. The highest BCUT2D eigenvalue weighted by Gasteiger charge is 2.21. The van der Waals surface area contributed by atoms with Crippen molar-refractivity contribution >= 4 is 11.5 Å². The van der Waals surface area contributed by atoms with Crippen molar-refractivity contribution in [3.8, 4) is 6.07 Å². The van der Waals surface area contributed by atoms with Crippen LogP contribution >= 0.6 is 0 Å². The minimum absolute atomic E-state index is 0.0845. The molecule has 0 amide bonds. The van der Waals surface area contributed by atoms with Gasteiger partial charge in [-0.25, -0.2) is 4.98 Å². The van der Waals surface area contributed by atoms with Gasteiger partial charge in [-0.05, 0) is 18.9 Å². The summed E-state index contributed by atoms with van der Waals surface area (Å²) in [7, 11) is 0. The van der Waals surface area contributed by atoms with E-state index in [1.54, 1.807) is 12.1 Å². The molecule has 18 heavy (non-hydrogen) atoms. The summed E-state index contributed by atoms with van der Waals surface area (Å²) in [6.07, 6.45) is 1.93. The maximum Gasteiger partial charge on any atom is 0.305 e. The Kier molecular flexibility index (Phi) is 3.39. The third kappa shape index (κ3) is 2.38. The number of rotatable bonds is 2. The molecule has 2 rings (SSSR count). The number of anilines is 1. The first-order valence-corrected chi connectivity index (χ1v) is 5.68. The lowest BCUT2D eigenvalue weighted by Crippen LogP contribution is -2.43. The van der Waals surface area contributed by atoms with Crippen LogP contribution in [0.15, 0.2) is 12.1 Å². The second-order valence-corrected chi connectivity index (χ2v) is 4.25. The van der Waals surface area contributed by atoms with Gasteiger partial charge in [0.25, 0.3) is 0 Å². The molecule has 1 unspecified atom stereocenters. The molecule has 1 atom stereocenters. The molecule has 0 aromatic carbocycles. The van der Waals surface area contributed by atoms with Crippen LogP contribution in [0.5, 0.6) is 0 Å². The van der Waals surface area contributed by atoms with Gasteiger partial charge < -0.3 is 10.6 Å². The van der Waals surface area contributed by atoms with Crippen LogP contribution in [0.3, 0.4) is 0 Å². The van der Waals surface area contributed by atoms with Crippen LogP contribution in [0.2, 0.25) is 0 Å². The van der Waals surface area contributed by atoms with Gasteiger partial charge >= 0.3 is 5.69 Å². The summed E-state index contributed by atoms with van der Waals surface area (Å²) >= 11 is 0. The first kappa shape index (κ1) is 12.3. The lowest BCUT2D eigenvalue weighted by atomic mass is 10.1.